The summed E-state index contributed by atoms with van der Waals surface area (Å²) in [6, 6.07) is 4.45. The van der Waals surface area contributed by atoms with E-state index in [1.165, 1.54) is 18.1 Å². The van der Waals surface area contributed by atoms with Crippen LogP contribution < -0.4 is 10.6 Å². The lowest BCUT2D eigenvalue weighted by Crippen LogP contribution is -2.71. The van der Waals surface area contributed by atoms with Crippen molar-refractivity contribution in [2.75, 3.05) is 19.8 Å². The average Bonchev–Trinajstić information content (AvgIpc) is 3.82. The number of rotatable bonds is 19. The van der Waals surface area contributed by atoms with Crippen molar-refractivity contribution in [1.29, 1.82) is 0 Å². The number of cyclic esters (lactones) is 1. The summed E-state index contributed by atoms with van der Waals surface area (Å²) in [5, 5.41) is 26.6. The zero-order valence-electron chi connectivity index (χ0n) is 34.1. The van der Waals surface area contributed by atoms with Gasteiger partial charge in [0.15, 0.2) is 11.8 Å². The van der Waals surface area contributed by atoms with Crippen LogP contribution in [0, 0.1) is 10.8 Å². The molecule has 1 aromatic carbocycles. The number of hydrogen-bond acceptors (Lipinski definition) is 14. The Bertz CT molecular complexity index is 1710. The SMILES string of the molecule is CCCCCC1(CCCCC)O[C@@H]2[C@H]3ON(Cc4cccc(C=CC(=O)O[C@H]5C(=O)OCC5(C)C)c4)[C@H]4C(=O)OC(CC34C(=O)N[C@@H](C(=O)NCCO)[C@H](C)O)[C@@H]2O1. The number of fused-ring (bicyclic) bond motifs is 4. The second-order valence-corrected chi connectivity index (χ2v) is 16.9. The van der Waals surface area contributed by atoms with Crippen LogP contribution in [0.4, 0.5) is 0 Å². The number of nitrogens with zero attached hydrogens (tertiary/aromatic N) is 1. The van der Waals surface area contributed by atoms with Gasteiger partial charge >= 0.3 is 17.9 Å². The first kappa shape index (κ1) is 43.6. The van der Waals surface area contributed by atoms with Gasteiger partial charge in [-0.05, 0) is 37.0 Å². The molecule has 5 fully saturated rings. The van der Waals surface area contributed by atoms with Crippen molar-refractivity contribution in [2.24, 2.45) is 10.8 Å². The number of esters is 3. The van der Waals surface area contributed by atoms with E-state index in [-0.39, 0.29) is 32.7 Å². The molecule has 0 spiro atoms. The first-order chi connectivity index (χ1) is 27.7. The monoisotopic (exact) mass is 813 g/mol. The summed E-state index contributed by atoms with van der Waals surface area (Å²) in [6.07, 6.45) is 3.88. The number of aliphatic hydroxyl groups excluding tert-OH is 2. The maximum absolute atomic E-state index is 14.8. The van der Waals surface area contributed by atoms with Gasteiger partial charge in [0.2, 0.25) is 17.9 Å². The van der Waals surface area contributed by atoms with Gasteiger partial charge in [-0.1, -0.05) is 77.6 Å². The lowest BCUT2D eigenvalue weighted by atomic mass is 9.62. The first-order valence-corrected chi connectivity index (χ1v) is 20.7. The molecule has 4 N–H and O–H groups in total. The number of carbonyl (C=O) groups excluding carboxylic acids is 5. The van der Waals surface area contributed by atoms with Gasteiger partial charge in [0, 0.05) is 37.3 Å². The molecule has 0 aromatic heterocycles. The van der Waals surface area contributed by atoms with E-state index < -0.39 is 95.0 Å². The molecule has 16 nitrogen and oxygen atoms in total. The van der Waals surface area contributed by atoms with E-state index >= 15 is 0 Å². The zero-order chi connectivity index (χ0) is 41.8. The van der Waals surface area contributed by atoms with Crippen molar-refractivity contribution >= 4 is 35.8 Å². The summed E-state index contributed by atoms with van der Waals surface area (Å²) in [5.74, 6) is -4.36. The molecule has 4 heterocycles. The van der Waals surface area contributed by atoms with E-state index in [0.717, 1.165) is 38.5 Å². The summed E-state index contributed by atoms with van der Waals surface area (Å²) in [6.45, 7) is 8.89. The molecule has 16 heteroatoms. The Hall–Kier alpha value is -3.93. The Labute approximate surface area is 339 Å². The van der Waals surface area contributed by atoms with Crippen LogP contribution in [0.2, 0.25) is 0 Å². The molecule has 2 amide bonds. The van der Waals surface area contributed by atoms with Crippen molar-refractivity contribution in [1.82, 2.24) is 15.7 Å². The fourth-order valence-corrected chi connectivity index (χ4v) is 8.90. The fourth-order valence-electron chi connectivity index (χ4n) is 8.90. The molecule has 4 saturated heterocycles. The number of unbranched alkanes of at least 4 members (excludes halogenated alkanes) is 4. The topological polar surface area (TPSA) is 208 Å². The highest BCUT2D eigenvalue weighted by Crippen LogP contribution is 2.58. The Morgan fingerprint density at radius 3 is 2.38 bits per heavy atom. The summed E-state index contributed by atoms with van der Waals surface area (Å²) in [7, 11) is 0. The van der Waals surface area contributed by atoms with Gasteiger partial charge in [0.1, 0.15) is 42.5 Å². The molecule has 4 aliphatic heterocycles. The van der Waals surface area contributed by atoms with Crippen molar-refractivity contribution in [3.05, 3.63) is 41.5 Å². The van der Waals surface area contributed by atoms with Crippen molar-refractivity contribution < 1.29 is 62.7 Å². The van der Waals surface area contributed by atoms with E-state index in [2.05, 4.69) is 24.5 Å². The molecule has 1 aromatic rings. The molecule has 9 atom stereocenters. The molecule has 1 saturated carbocycles. The molecular formula is C42H59N3O13. The number of carbonyl (C=O) groups is 5. The largest absolute Gasteiger partial charge is 0.462 e. The molecule has 2 bridgehead atoms. The summed E-state index contributed by atoms with van der Waals surface area (Å²) in [4.78, 5) is 73.8. The first-order valence-electron chi connectivity index (χ1n) is 20.7. The number of ether oxygens (including phenoxy) is 5. The Morgan fingerprint density at radius 2 is 1.74 bits per heavy atom. The van der Waals surface area contributed by atoms with Crippen molar-refractivity contribution in [3.8, 4) is 0 Å². The van der Waals surface area contributed by atoms with Crippen molar-refractivity contribution in [2.45, 2.75) is 153 Å². The van der Waals surface area contributed by atoms with Crippen LogP contribution in [0.5, 0.6) is 0 Å². The maximum Gasteiger partial charge on any atom is 0.348 e. The third kappa shape index (κ3) is 8.82. The van der Waals surface area contributed by atoms with Crippen LogP contribution in [0.25, 0.3) is 6.08 Å². The summed E-state index contributed by atoms with van der Waals surface area (Å²) >= 11 is 0. The second-order valence-electron chi connectivity index (χ2n) is 16.9. The van der Waals surface area contributed by atoms with E-state index in [1.807, 2.05) is 0 Å². The molecule has 5 aliphatic rings. The summed E-state index contributed by atoms with van der Waals surface area (Å²) in [5.41, 5.74) is -0.997. The molecule has 58 heavy (non-hydrogen) atoms. The Kier molecular flexibility index (Phi) is 13.6. The van der Waals surface area contributed by atoms with E-state index in [0.29, 0.717) is 24.0 Å². The minimum atomic E-state index is -1.62. The fraction of sp³-hybridized carbons (Fsp3) is 0.690. The van der Waals surface area contributed by atoms with Crippen LogP contribution in [0.15, 0.2) is 30.3 Å². The third-order valence-corrected chi connectivity index (χ3v) is 11.9. The normalized spacial score (nSPS) is 30.3. The summed E-state index contributed by atoms with van der Waals surface area (Å²) < 4.78 is 30.3. The van der Waals surface area contributed by atoms with Gasteiger partial charge in [-0.3, -0.25) is 19.2 Å². The third-order valence-electron chi connectivity index (χ3n) is 11.9. The molecule has 1 aliphatic carbocycles. The number of amides is 2. The quantitative estimate of drug-likeness (QED) is 0.0686. The number of hydroxylamine groups is 2. The van der Waals surface area contributed by atoms with Crippen LogP contribution >= 0.6 is 0 Å². The molecule has 320 valence electrons. The lowest BCUT2D eigenvalue weighted by Gasteiger charge is -2.49. The van der Waals surface area contributed by atoms with E-state index in [9.17, 15) is 34.2 Å². The van der Waals surface area contributed by atoms with Crippen LogP contribution in [-0.2, 0) is 59.0 Å². The predicted octanol–water partition coefficient (Wildman–Crippen LogP) is 2.61. The highest BCUT2D eigenvalue weighted by atomic mass is 16.8. The van der Waals surface area contributed by atoms with Gasteiger partial charge in [-0.25, -0.2) is 9.59 Å². The van der Waals surface area contributed by atoms with Gasteiger partial charge in [0.05, 0.1) is 19.3 Å². The van der Waals surface area contributed by atoms with Gasteiger partial charge in [0.25, 0.3) is 0 Å². The minimum Gasteiger partial charge on any atom is -0.462 e. The maximum atomic E-state index is 14.8. The lowest BCUT2D eigenvalue weighted by molar-refractivity contribution is -0.224. The van der Waals surface area contributed by atoms with Gasteiger partial charge < -0.3 is 44.5 Å². The predicted molar refractivity (Wildman–Crippen MR) is 206 cm³/mol. The highest BCUT2D eigenvalue weighted by molar-refractivity contribution is 5.96. The Balaban J connectivity index is 1.30. The van der Waals surface area contributed by atoms with Crippen molar-refractivity contribution in [3.63, 3.8) is 0 Å². The molecule has 0 radical (unpaired) electrons. The average molecular weight is 814 g/mol. The standard InChI is InChI=1S/C42H59N3O13/c1-6-8-10-17-41(18-11-9-7-2)56-31-28-22-42(39(52)44-30(25(3)47)36(49)43-19-20-46)33(37(50)54-28)45(58-34(42)32(31)57-41)23-27-14-12-13-26(21-27)15-16-29(48)55-35-38(51)53-24-40(35,4)5/h12-16,21,25,28,30-35,46-47H,6-11,17-20,22-24H2,1-5H3,(H,43,49)(H,44,52)/t25-,28?,30+,31-,32-,33-,34+,35-,42?/m0/s1. The van der Waals surface area contributed by atoms with Gasteiger partial charge in [-0.2, -0.15) is 5.06 Å². The molecular weight excluding hydrogens is 754 g/mol. The highest BCUT2D eigenvalue weighted by Gasteiger charge is 2.76. The zero-order valence-corrected chi connectivity index (χ0v) is 34.1. The second kappa shape index (κ2) is 18.1. The van der Waals surface area contributed by atoms with Crippen LogP contribution in [0.3, 0.4) is 0 Å². The van der Waals surface area contributed by atoms with Crippen LogP contribution in [-0.4, -0.2) is 119 Å². The number of benzene rings is 1. The smallest absolute Gasteiger partial charge is 0.348 e. The van der Waals surface area contributed by atoms with E-state index in [1.54, 1.807) is 44.2 Å². The Morgan fingerprint density at radius 1 is 1.03 bits per heavy atom. The van der Waals surface area contributed by atoms with Gasteiger partial charge in [-0.15, -0.1) is 0 Å². The minimum absolute atomic E-state index is 0.0113. The number of aliphatic hydroxyl groups is 2. The van der Waals surface area contributed by atoms with E-state index in [4.69, 9.17) is 28.5 Å². The molecule has 6 rings (SSSR count). The number of hydrogen-bond donors (Lipinski definition) is 4. The molecule has 2 unspecified atom stereocenters. The van der Waals surface area contributed by atoms with Crippen LogP contribution in [0.1, 0.15) is 104 Å². The number of nitrogens with one attached hydrogen (secondary N) is 2.